The Bertz CT molecular complexity index is 1100. The number of fused-ring (bicyclic) bond motifs is 1. The molecule has 1 amide bonds. The molecule has 33 heavy (non-hydrogen) atoms. The van der Waals surface area contributed by atoms with Crippen molar-refractivity contribution in [2.75, 3.05) is 5.32 Å². The maximum absolute atomic E-state index is 13.1. The van der Waals surface area contributed by atoms with Gasteiger partial charge in [-0.2, -0.15) is 0 Å². The zero-order valence-corrected chi connectivity index (χ0v) is 19.9. The van der Waals surface area contributed by atoms with Crippen molar-refractivity contribution in [1.29, 1.82) is 0 Å². The quantitative estimate of drug-likeness (QED) is 0.584. The summed E-state index contributed by atoms with van der Waals surface area (Å²) in [6.45, 7) is 3.97. The first-order chi connectivity index (χ1) is 15.7. The number of sulfonamides is 1. The number of carbonyl (C=O) groups is 1. The van der Waals surface area contributed by atoms with Crippen LogP contribution in [0.3, 0.4) is 0 Å². The number of nitrogens with one attached hydrogen (secondary N) is 3. The topological polar surface area (TPSA) is 87.3 Å². The molecule has 2 aliphatic rings. The first kappa shape index (κ1) is 23.7. The van der Waals surface area contributed by atoms with Gasteiger partial charge in [0.1, 0.15) is 5.82 Å². The third-order valence-corrected chi connectivity index (χ3v) is 8.31. The molecular formula is C25H32FN3O3S. The molecule has 0 aromatic heterocycles. The van der Waals surface area contributed by atoms with E-state index in [0.29, 0.717) is 31.7 Å². The number of hydrogen-bond acceptors (Lipinski definition) is 4. The van der Waals surface area contributed by atoms with E-state index in [4.69, 9.17) is 0 Å². The van der Waals surface area contributed by atoms with Crippen LogP contribution in [0.4, 0.5) is 10.1 Å². The largest absolute Gasteiger partial charge is 0.382 e. The van der Waals surface area contributed by atoms with Crippen LogP contribution in [-0.2, 0) is 21.2 Å². The molecule has 178 valence electrons. The lowest BCUT2D eigenvalue weighted by Gasteiger charge is -2.29. The second kappa shape index (κ2) is 9.81. The number of benzene rings is 2. The number of anilines is 1. The van der Waals surface area contributed by atoms with E-state index in [0.717, 1.165) is 29.7 Å². The molecule has 4 rings (SSSR count). The van der Waals surface area contributed by atoms with Gasteiger partial charge in [0.25, 0.3) is 0 Å². The van der Waals surface area contributed by atoms with Gasteiger partial charge >= 0.3 is 0 Å². The van der Waals surface area contributed by atoms with Crippen molar-refractivity contribution >= 4 is 21.6 Å². The molecule has 0 saturated heterocycles. The number of aryl methyl sites for hydroxylation is 1. The lowest BCUT2D eigenvalue weighted by molar-refractivity contribution is -0.126. The molecule has 0 bridgehead atoms. The van der Waals surface area contributed by atoms with E-state index in [1.54, 1.807) is 24.3 Å². The highest BCUT2D eigenvalue weighted by atomic mass is 32.2. The number of carbonyl (C=O) groups excluding carboxylic acids is 1. The Balaban J connectivity index is 1.31. The Kier molecular flexibility index (Phi) is 7.05. The van der Waals surface area contributed by atoms with Crippen molar-refractivity contribution in [3.05, 3.63) is 59.4 Å². The van der Waals surface area contributed by atoms with Gasteiger partial charge in [-0.15, -0.1) is 0 Å². The standard InChI is InChI=1S/C25H32FN3O3S/c1-16-3-4-19-9-14-23(15-24(19)27-16)33(31,32)29-22-12-7-20(8-13-22)25(30)28-17(2)18-5-10-21(26)11-6-18/h5-6,9-11,14-17,20,22,27,29H,3-4,7-8,12-13H2,1-2H3,(H,28,30)/t16?,17-,20-,22-/m1/s1. The van der Waals surface area contributed by atoms with Crippen LogP contribution in [0, 0.1) is 11.7 Å². The molecule has 1 aliphatic carbocycles. The number of halogens is 1. The predicted octanol–water partition coefficient (Wildman–Crippen LogP) is 4.29. The maximum atomic E-state index is 13.1. The summed E-state index contributed by atoms with van der Waals surface area (Å²) in [4.78, 5) is 13.0. The Morgan fingerprint density at radius 3 is 2.45 bits per heavy atom. The summed E-state index contributed by atoms with van der Waals surface area (Å²) in [6, 6.07) is 11.3. The van der Waals surface area contributed by atoms with Gasteiger partial charge in [0.05, 0.1) is 10.9 Å². The highest BCUT2D eigenvalue weighted by Gasteiger charge is 2.30. The van der Waals surface area contributed by atoms with Crippen LogP contribution in [0.25, 0.3) is 0 Å². The molecule has 1 fully saturated rings. The number of rotatable bonds is 6. The van der Waals surface area contributed by atoms with Crippen LogP contribution in [-0.4, -0.2) is 26.4 Å². The summed E-state index contributed by atoms with van der Waals surface area (Å²) in [7, 11) is -3.63. The zero-order chi connectivity index (χ0) is 23.6. The molecule has 6 nitrogen and oxygen atoms in total. The predicted molar refractivity (Wildman–Crippen MR) is 127 cm³/mol. The molecule has 1 unspecified atom stereocenters. The van der Waals surface area contributed by atoms with Crippen molar-refractivity contribution in [3.63, 3.8) is 0 Å². The third kappa shape index (κ3) is 5.73. The van der Waals surface area contributed by atoms with Crippen molar-refractivity contribution < 1.29 is 17.6 Å². The second-order valence-electron chi connectivity index (χ2n) is 9.35. The van der Waals surface area contributed by atoms with E-state index in [1.807, 2.05) is 13.0 Å². The zero-order valence-electron chi connectivity index (χ0n) is 19.1. The molecular weight excluding hydrogens is 441 g/mol. The second-order valence-corrected chi connectivity index (χ2v) is 11.1. The minimum atomic E-state index is -3.63. The van der Waals surface area contributed by atoms with Gasteiger partial charge in [0.2, 0.25) is 15.9 Å². The summed E-state index contributed by atoms with van der Waals surface area (Å²) in [5.74, 6) is -0.495. The summed E-state index contributed by atoms with van der Waals surface area (Å²) in [5, 5.41) is 6.37. The average Bonchev–Trinajstić information content (AvgIpc) is 2.79. The molecule has 0 radical (unpaired) electrons. The van der Waals surface area contributed by atoms with Crippen LogP contribution in [0.1, 0.15) is 63.1 Å². The molecule has 1 saturated carbocycles. The average molecular weight is 474 g/mol. The van der Waals surface area contributed by atoms with Crippen LogP contribution in [0.5, 0.6) is 0 Å². The smallest absolute Gasteiger partial charge is 0.240 e. The van der Waals surface area contributed by atoms with Crippen LogP contribution >= 0.6 is 0 Å². The number of hydrogen-bond donors (Lipinski definition) is 3. The maximum Gasteiger partial charge on any atom is 0.240 e. The normalized spacial score (nSPS) is 23.8. The fourth-order valence-electron chi connectivity index (χ4n) is 4.71. The summed E-state index contributed by atoms with van der Waals surface area (Å²) in [5.41, 5.74) is 2.89. The van der Waals surface area contributed by atoms with Gasteiger partial charge in [-0.1, -0.05) is 18.2 Å². The van der Waals surface area contributed by atoms with Gasteiger partial charge in [0, 0.05) is 23.7 Å². The molecule has 3 N–H and O–H groups in total. The molecule has 1 aliphatic heterocycles. The highest BCUT2D eigenvalue weighted by Crippen LogP contribution is 2.29. The molecule has 0 spiro atoms. The van der Waals surface area contributed by atoms with Crippen LogP contribution < -0.4 is 15.4 Å². The first-order valence-corrected chi connectivity index (χ1v) is 13.2. The molecule has 1 heterocycles. The van der Waals surface area contributed by atoms with E-state index in [2.05, 4.69) is 22.3 Å². The Labute approximate surface area is 195 Å². The Morgan fingerprint density at radius 2 is 1.76 bits per heavy atom. The molecule has 2 aromatic carbocycles. The Hall–Kier alpha value is -2.45. The lowest BCUT2D eigenvalue weighted by atomic mass is 9.85. The van der Waals surface area contributed by atoms with Crippen molar-refractivity contribution in [1.82, 2.24) is 10.0 Å². The highest BCUT2D eigenvalue weighted by molar-refractivity contribution is 7.89. The van der Waals surface area contributed by atoms with Crippen molar-refractivity contribution in [2.45, 2.75) is 75.4 Å². The number of amides is 1. The van der Waals surface area contributed by atoms with E-state index in [9.17, 15) is 17.6 Å². The minimum absolute atomic E-state index is 0.0389. The third-order valence-electron chi connectivity index (χ3n) is 6.79. The fourth-order valence-corrected chi connectivity index (χ4v) is 6.04. The summed E-state index contributed by atoms with van der Waals surface area (Å²) < 4.78 is 41.9. The van der Waals surface area contributed by atoms with E-state index in [-0.39, 0.29) is 34.6 Å². The van der Waals surface area contributed by atoms with Gasteiger partial charge in [-0.3, -0.25) is 4.79 Å². The minimum Gasteiger partial charge on any atom is -0.382 e. The molecule has 8 heteroatoms. The van der Waals surface area contributed by atoms with Crippen molar-refractivity contribution in [3.8, 4) is 0 Å². The lowest BCUT2D eigenvalue weighted by Crippen LogP contribution is -2.41. The Morgan fingerprint density at radius 1 is 1.06 bits per heavy atom. The van der Waals surface area contributed by atoms with Crippen molar-refractivity contribution in [2.24, 2.45) is 5.92 Å². The molecule has 2 atom stereocenters. The van der Waals surface area contributed by atoms with Gasteiger partial charge in [-0.25, -0.2) is 17.5 Å². The molecule has 2 aromatic rings. The first-order valence-electron chi connectivity index (χ1n) is 11.7. The monoisotopic (exact) mass is 473 g/mol. The van der Waals surface area contributed by atoms with Crippen LogP contribution in [0.15, 0.2) is 47.4 Å². The van der Waals surface area contributed by atoms with E-state index < -0.39 is 10.0 Å². The van der Waals surface area contributed by atoms with Gasteiger partial charge in [0.15, 0.2) is 0 Å². The summed E-state index contributed by atoms with van der Waals surface area (Å²) >= 11 is 0. The summed E-state index contributed by atoms with van der Waals surface area (Å²) in [6.07, 6.45) is 4.46. The fraction of sp³-hybridized carbons (Fsp3) is 0.480. The van der Waals surface area contributed by atoms with Gasteiger partial charge < -0.3 is 10.6 Å². The van der Waals surface area contributed by atoms with E-state index in [1.165, 1.54) is 12.1 Å². The van der Waals surface area contributed by atoms with E-state index >= 15 is 0 Å². The SMILES string of the molecule is CC1CCc2ccc(S(=O)(=O)N[C@H]3CC[C@H](C(=O)N[C@H](C)c4ccc(F)cc4)CC3)cc2N1. The van der Waals surface area contributed by atoms with Gasteiger partial charge in [-0.05, 0) is 87.8 Å². The van der Waals surface area contributed by atoms with Crippen LogP contribution in [0.2, 0.25) is 0 Å².